The summed E-state index contributed by atoms with van der Waals surface area (Å²) in [6.45, 7) is 3.64. The summed E-state index contributed by atoms with van der Waals surface area (Å²) in [5.41, 5.74) is -0.427. The van der Waals surface area contributed by atoms with Gasteiger partial charge < -0.3 is 9.84 Å². The minimum absolute atomic E-state index is 0.198. The van der Waals surface area contributed by atoms with Crippen LogP contribution in [0.15, 0.2) is 12.3 Å². The number of halogens is 1. The number of nitrogens with zero attached hydrogens (tertiary/aromatic N) is 1. The van der Waals surface area contributed by atoms with E-state index in [0.717, 1.165) is 6.07 Å². The molecule has 82 valence electrons. The second-order valence-electron chi connectivity index (χ2n) is 3.12. The summed E-state index contributed by atoms with van der Waals surface area (Å²) in [4.78, 5) is 14.3. The number of aromatic nitrogens is 1. The Kier molecular flexibility index (Phi) is 3.60. The van der Waals surface area contributed by atoms with Crippen LogP contribution in [0.5, 0.6) is 5.88 Å². The average molecular weight is 213 g/mol. The summed E-state index contributed by atoms with van der Waals surface area (Å²) in [5.74, 6) is -2.52. The summed E-state index contributed by atoms with van der Waals surface area (Å²) >= 11 is 0. The summed E-state index contributed by atoms with van der Waals surface area (Å²) in [7, 11) is 0. The van der Waals surface area contributed by atoms with Crippen molar-refractivity contribution < 1.29 is 19.0 Å². The van der Waals surface area contributed by atoms with Crippen molar-refractivity contribution in [2.75, 3.05) is 0 Å². The van der Waals surface area contributed by atoms with Gasteiger partial charge in [-0.15, -0.1) is 0 Å². The molecule has 1 heterocycles. The predicted octanol–water partition coefficient (Wildman–Crippen LogP) is 2.10. The van der Waals surface area contributed by atoms with Crippen LogP contribution in [0.25, 0.3) is 0 Å². The standard InChI is InChI=1S/C10H12FNO3/c1-3-6(2)15-9-8(11)7(10(13)14)4-5-12-9/h4-6H,3H2,1-2H3,(H,13,14). The molecule has 0 aromatic carbocycles. The number of rotatable bonds is 4. The fourth-order valence-corrected chi connectivity index (χ4v) is 0.946. The lowest BCUT2D eigenvalue weighted by molar-refractivity contribution is 0.0689. The zero-order valence-corrected chi connectivity index (χ0v) is 8.53. The number of carboxylic acid groups (broad SMARTS) is 1. The van der Waals surface area contributed by atoms with Crippen molar-refractivity contribution in [3.8, 4) is 5.88 Å². The van der Waals surface area contributed by atoms with E-state index in [2.05, 4.69) is 4.98 Å². The Balaban J connectivity index is 2.99. The van der Waals surface area contributed by atoms with Crippen molar-refractivity contribution in [2.24, 2.45) is 0 Å². The van der Waals surface area contributed by atoms with E-state index in [0.29, 0.717) is 6.42 Å². The topological polar surface area (TPSA) is 59.4 Å². The number of carbonyl (C=O) groups is 1. The van der Waals surface area contributed by atoms with Gasteiger partial charge in [0.25, 0.3) is 5.88 Å². The van der Waals surface area contributed by atoms with Crippen LogP contribution in [-0.2, 0) is 0 Å². The van der Waals surface area contributed by atoms with E-state index in [9.17, 15) is 9.18 Å². The highest BCUT2D eigenvalue weighted by atomic mass is 19.1. The van der Waals surface area contributed by atoms with Crippen molar-refractivity contribution >= 4 is 5.97 Å². The highest BCUT2D eigenvalue weighted by molar-refractivity contribution is 5.88. The quantitative estimate of drug-likeness (QED) is 0.831. The van der Waals surface area contributed by atoms with Gasteiger partial charge in [-0.05, 0) is 19.4 Å². The maximum Gasteiger partial charge on any atom is 0.338 e. The van der Waals surface area contributed by atoms with Gasteiger partial charge in [0, 0.05) is 6.20 Å². The van der Waals surface area contributed by atoms with E-state index in [1.54, 1.807) is 6.92 Å². The molecule has 4 nitrogen and oxygen atoms in total. The van der Waals surface area contributed by atoms with Gasteiger partial charge in [-0.25, -0.2) is 14.2 Å². The third-order valence-electron chi connectivity index (χ3n) is 1.98. The fourth-order valence-electron chi connectivity index (χ4n) is 0.946. The van der Waals surface area contributed by atoms with Crippen LogP contribution in [0.4, 0.5) is 4.39 Å². The predicted molar refractivity (Wildman–Crippen MR) is 51.5 cm³/mol. The molecule has 0 radical (unpaired) electrons. The molecule has 0 bridgehead atoms. The van der Waals surface area contributed by atoms with Crippen LogP contribution in [0.2, 0.25) is 0 Å². The highest BCUT2D eigenvalue weighted by Gasteiger charge is 2.17. The molecule has 0 fully saturated rings. The summed E-state index contributed by atoms with van der Waals surface area (Å²) in [6, 6.07) is 1.10. The molecule has 1 N–H and O–H groups in total. The van der Waals surface area contributed by atoms with Crippen LogP contribution in [0.1, 0.15) is 30.6 Å². The van der Waals surface area contributed by atoms with Gasteiger partial charge in [0.15, 0.2) is 5.82 Å². The third kappa shape index (κ3) is 2.65. The van der Waals surface area contributed by atoms with Gasteiger partial charge in [0.1, 0.15) is 5.56 Å². The van der Waals surface area contributed by atoms with Gasteiger partial charge in [-0.3, -0.25) is 0 Å². The minimum Gasteiger partial charge on any atom is -0.478 e. The molecule has 0 spiro atoms. The summed E-state index contributed by atoms with van der Waals surface area (Å²) in [6.07, 6.45) is 1.71. The first-order chi connectivity index (χ1) is 7.06. The smallest absolute Gasteiger partial charge is 0.338 e. The minimum atomic E-state index is -1.33. The molecule has 5 heteroatoms. The van der Waals surface area contributed by atoms with Gasteiger partial charge in [0.05, 0.1) is 6.10 Å². The Hall–Kier alpha value is -1.65. The Labute approximate surface area is 86.7 Å². The molecule has 1 atom stereocenters. The van der Waals surface area contributed by atoms with Crippen LogP contribution in [-0.4, -0.2) is 22.2 Å². The molecule has 0 saturated carbocycles. The zero-order chi connectivity index (χ0) is 11.4. The highest BCUT2D eigenvalue weighted by Crippen LogP contribution is 2.18. The van der Waals surface area contributed by atoms with Crippen molar-refractivity contribution in [2.45, 2.75) is 26.4 Å². The second-order valence-corrected chi connectivity index (χ2v) is 3.12. The number of ether oxygens (including phenoxy) is 1. The van der Waals surface area contributed by atoms with Crippen LogP contribution in [0.3, 0.4) is 0 Å². The molecule has 0 aliphatic rings. The molecule has 0 aliphatic heterocycles. The Morgan fingerprint density at radius 2 is 2.40 bits per heavy atom. The van der Waals surface area contributed by atoms with Crippen LogP contribution in [0, 0.1) is 5.82 Å². The first-order valence-electron chi connectivity index (χ1n) is 4.60. The van der Waals surface area contributed by atoms with E-state index >= 15 is 0 Å². The van der Waals surface area contributed by atoms with Gasteiger partial charge in [-0.1, -0.05) is 6.92 Å². The number of carboxylic acids is 1. The molecular weight excluding hydrogens is 201 g/mol. The SMILES string of the molecule is CCC(C)Oc1nccc(C(=O)O)c1F. The Bertz CT molecular complexity index is 368. The molecule has 0 saturated heterocycles. The van der Waals surface area contributed by atoms with Crippen LogP contribution < -0.4 is 4.74 Å². The van der Waals surface area contributed by atoms with E-state index in [-0.39, 0.29) is 12.0 Å². The van der Waals surface area contributed by atoms with E-state index < -0.39 is 17.3 Å². The van der Waals surface area contributed by atoms with Gasteiger partial charge >= 0.3 is 5.97 Å². The molecule has 0 aliphatic carbocycles. The van der Waals surface area contributed by atoms with Crippen molar-refractivity contribution in [3.05, 3.63) is 23.6 Å². The zero-order valence-electron chi connectivity index (χ0n) is 8.53. The number of hydrogen-bond donors (Lipinski definition) is 1. The average Bonchev–Trinajstić information content (AvgIpc) is 2.20. The number of aromatic carboxylic acids is 1. The fraction of sp³-hybridized carbons (Fsp3) is 0.400. The third-order valence-corrected chi connectivity index (χ3v) is 1.98. The normalized spacial score (nSPS) is 12.2. The molecule has 0 amide bonds. The van der Waals surface area contributed by atoms with E-state index in [4.69, 9.17) is 9.84 Å². The molecular formula is C10H12FNO3. The lowest BCUT2D eigenvalue weighted by Gasteiger charge is -2.12. The summed E-state index contributed by atoms with van der Waals surface area (Å²) < 4.78 is 18.6. The maximum atomic E-state index is 13.5. The molecule has 15 heavy (non-hydrogen) atoms. The lowest BCUT2D eigenvalue weighted by Crippen LogP contribution is -2.13. The number of hydrogen-bond acceptors (Lipinski definition) is 3. The van der Waals surface area contributed by atoms with Gasteiger partial charge in [0.2, 0.25) is 0 Å². The lowest BCUT2D eigenvalue weighted by atomic mass is 10.2. The molecule has 1 rings (SSSR count). The molecule has 1 unspecified atom stereocenters. The molecule has 1 aromatic rings. The van der Waals surface area contributed by atoms with Crippen LogP contribution >= 0.6 is 0 Å². The summed E-state index contributed by atoms with van der Waals surface area (Å²) in [5, 5.41) is 8.66. The monoisotopic (exact) mass is 213 g/mol. The van der Waals surface area contributed by atoms with Gasteiger partial charge in [-0.2, -0.15) is 0 Å². The van der Waals surface area contributed by atoms with Crippen molar-refractivity contribution in [1.82, 2.24) is 4.98 Å². The van der Waals surface area contributed by atoms with Crippen molar-refractivity contribution in [3.63, 3.8) is 0 Å². The van der Waals surface area contributed by atoms with E-state index in [1.807, 2.05) is 6.92 Å². The second kappa shape index (κ2) is 4.72. The number of pyridine rings is 1. The first-order valence-corrected chi connectivity index (χ1v) is 4.60. The Morgan fingerprint density at radius 1 is 1.73 bits per heavy atom. The van der Waals surface area contributed by atoms with Crippen molar-refractivity contribution in [1.29, 1.82) is 0 Å². The maximum absolute atomic E-state index is 13.5. The first kappa shape index (κ1) is 11.4. The van der Waals surface area contributed by atoms with E-state index in [1.165, 1.54) is 6.20 Å². The largest absolute Gasteiger partial charge is 0.478 e. The Morgan fingerprint density at radius 3 is 2.93 bits per heavy atom. The molecule has 1 aromatic heterocycles.